The summed E-state index contributed by atoms with van der Waals surface area (Å²) in [5.74, 6) is 0. The normalized spacial score (nSPS) is 4.50. The second-order valence-corrected chi connectivity index (χ2v) is 0.346. The molecule has 34 valence electrons. The molecule has 0 heterocycles. The van der Waals surface area contributed by atoms with Crippen molar-refractivity contribution in [2.24, 2.45) is 0 Å². The Hall–Kier alpha value is 1.67. The molecule has 3 nitrogen and oxygen atoms in total. The summed E-state index contributed by atoms with van der Waals surface area (Å²) < 4.78 is 0. The van der Waals surface area contributed by atoms with Crippen molar-refractivity contribution in [2.75, 3.05) is 0 Å². The molecule has 0 amide bonds. The zero-order valence-electron chi connectivity index (χ0n) is 2.33. The first-order chi connectivity index (χ1) is 1.73. The second kappa shape index (κ2) is 9.84. The van der Waals surface area contributed by atoms with Crippen molar-refractivity contribution in [3.8, 4) is 0 Å². The topological polar surface area (TPSA) is 60.7 Å². The third kappa shape index (κ3) is 44.2. The Morgan fingerprint density at radius 1 is 1.00 bits per heavy atom. The van der Waals surface area contributed by atoms with E-state index in [2.05, 4.69) is 0 Å². The first-order valence-corrected chi connectivity index (χ1v) is 0.775. The average Bonchev–Trinajstić information content (AvgIpc) is 0.811. The molecule has 0 atom stereocenters. The van der Waals surface area contributed by atoms with E-state index in [0.717, 1.165) is 0 Å². The maximum atomic E-state index is 7.17. The summed E-state index contributed by atoms with van der Waals surface area (Å²) in [6, 6.07) is 0. The van der Waals surface area contributed by atoms with Crippen molar-refractivity contribution in [1.82, 2.24) is 0 Å². The van der Waals surface area contributed by atoms with Gasteiger partial charge in [0.05, 0.1) is 0 Å². The fraction of sp³-hybridized carbons (Fsp3) is 0. The fourth-order valence-electron chi connectivity index (χ4n) is 0. The minimum absolute atomic E-state index is 0. The maximum absolute atomic E-state index is 7.17. The van der Waals surface area contributed by atoms with Crippen LogP contribution in [0.15, 0.2) is 0 Å². The van der Waals surface area contributed by atoms with E-state index in [1.165, 1.54) is 0 Å². The van der Waals surface area contributed by atoms with Crippen LogP contribution in [-0.2, 0) is 0 Å². The number of rotatable bonds is 0. The molecular formula is H5BINaO3. The van der Waals surface area contributed by atoms with Crippen LogP contribution in [0.5, 0.6) is 0 Å². The van der Waals surface area contributed by atoms with E-state index in [4.69, 9.17) is 15.1 Å². The first-order valence-electron chi connectivity index (χ1n) is 0.775. The van der Waals surface area contributed by atoms with Gasteiger partial charge in [0.2, 0.25) is 0 Å². The van der Waals surface area contributed by atoms with Gasteiger partial charge in [-0.2, -0.15) is 0 Å². The van der Waals surface area contributed by atoms with Crippen molar-refractivity contribution in [3.05, 3.63) is 0 Å². The predicted octanol–water partition coefficient (Wildman–Crippen LogP) is -2.08. The Morgan fingerprint density at radius 2 is 1.00 bits per heavy atom. The molecule has 0 unspecified atom stereocenters. The third-order valence-electron chi connectivity index (χ3n) is 0. The van der Waals surface area contributed by atoms with Gasteiger partial charge in [0.25, 0.3) is 0 Å². The summed E-state index contributed by atoms with van der Waals surface area (Å²) in [4.78, 5) is 0. The summed E-state index contributed by atoms with van der Waals surface area (Å²) in [7, 11) is -2.17. The Balaban J connectivity index is -0.0000000450. The van der Waals surface area contributed by atoms with Crippen LogP contribution in [0.2, 0.25) is 0 Å². The van der Waals surface area contributed by atoms with Crippen LogP contribution in [-0.4, -0.2) is 52.0 Å². The van der Waals surface area contributed by atoms with E-state index in [1.54, 1.807) is 0 Å². The van der Waals surface area contributed by atoms with Crippen LogP contribution < -0.4 is 0 Å². The van der Waals surface area contributed by atoms with Crippen molar-refractivity contribution < 1.29 is 15.1 Å². The molecule has 0 saturated heterocycles. The molecule has 0 aliphatic carbocycles. The van der Waals surface area contributed by atoms with Crippen molar-refractivity contribution in [3.63, 3.8) is 0 Å². The number of hydrogen-bond donors (Lipinski definition) is 3. The van der Waals surface area contributed by atoms with E-state index in [-0.39, 0.29) is 53.5 Å². The standard InChI is InChI=1S/BH3O3.HI.Na.H/c2-1(3)4;;;/h2-4H;1H;;. The van der Waals surface area contributed by atoms with Crippen LogP contribution >= 0.6 is 24.0 Å². The second-order valence-electron chi connectivity index (χ2n) is 0.346. The van der Waals surface area contributed by atoms with Gasteiger partial charge in [0.1, 0.15) is 0 Å². The van der Waals surface area contributed by atoms with Crippen LogP contribution in [0, 0.1) is 0 Å². The molecular weight excluding hydrogens is 209 g/mol. The van der Waals surface area contributed by atoms with Gasteiger partial charge in [-0.1, -0.05) is 0 Å². The molecule has 6 heavy (non-hydrogen) atoms. The molecule has 3 N–H and O–H groups in total. The van der Waals surface area contributed by atoms with Gasteiger partial charge in [-0.05, 0) is 0 Å². The predicted molar refractivity (Wildman–Crippen MR) is 35.0 cm³/mol. The Morgan fingerprint density at radius 3 is 1.00 bits per heavy atom. The summed E-state index contributed by atoms with van der Waals surface area (Å²) in [5.41, 5.74) is 0. The monoisotopic (exact) mass is 214 g/mol. The van der Waals surface area contributed by atoms with Crippen LogP contribution in [0.3, 0.4) is 0 Å². The van der Waals surface area contributed by atoms with Gasteiger partial charge in [-0.3, -0.25) is 0 Å². The SMILES string of the molecule is I.OB(O)O.[NaH]. The molecule has 0 spiro atoms. The van der Waals surface area contributed by atoms with Gasteiger partial charge in [0.15, 0.2) is 0 Å². The molecule has 0 aromatic rings. The molecule has 0 fully saturated rings. The molecule has 0 aliphatic rings. The van der Waals surface area contributed by atoms with Crippen LogP contribution in [0.25, 0.3) is 0 Å². The Kier molecular flexibility index (Phi) is 25.6. The van der Waals surface area contributed by atoms with Gasteiger partial charge in [-0.25, -0.2) is 0 Å². The van der Waals surface area contributed by atoms with Crippen molar-refractivity contribution in [2.45, 2.75) is 0 Å². The molecule has 0 aliphatic heterocycles. The number of halogens is 1. The zero-order valence-corrected chi connectivity index (χ0v) is 4.66. The molecule has 0 rings (SSSR count). The molecule has 0 aromatic heterocycles. The van der Waals surface area contributed by atoms with Gasteiger partial charge in [0, 0.05) is 0 Å². The number of hydrogen-bond acceptors (Lipinski definition) is 3. The molecule has 0 saturated carbocycles. The summed E-state index contributed by atoms with van der Waals surface area (Å²) >= 11 is 0. The summed E-state index contributed by atoms with van der Waals surface area (Å²) in [6.45, 7) is 0. The zero-order chi connectivity index (χ0) is 3.58. The van der Waals surface area contributed by atoms with E-state index in [1.807, 2.05) is 0 Å². The van der Waals surface area contributed by atoms with Gasteiger partial charge in [-0.15, -0.1) is 24.0 Å². The van der Waals surface area contributed by atoms with Crippen molar-refractivity contribution in [1.29, 1.82) is 0 Å². The van der Waals surface area contributed by atoms with E-state index in [9.17, 15) is 0 Å². The third-order valence-corrected chi connectivity index (χ3v) is 0. The van der Waals surface area contributed by atoms with E-state index in [0.29, 0.717) is 0 Å². The van der Waals surface area contributed by atoms with Gasteiger partial charge < -0.3 is 15.1 Å². The molecule has 0 aromatic carbocycles. The van der Waals surface area contributed by atoms with E-state index >= 15 is 0 Å². The minimum atomic E-state index is -2.17. The molecule has 0 radical (unpaired) electrons. The fourth-order valence-corrected chi connectivity index (χ4v) is 0. The van der Waals surface area contributed by atoms with E-state index < -0.39 is 7.32 Å². The molecule has 0 bridgehead atoms. The van der Waals surface area contributed by atoms with Gasteiger partial charge >= 0.3 is 36.9 Å². The average molecular weight is 214 g/mol. The quantitative estimate of drug-likeness (QED) is 0.320. The van der Waals surface area contributed by atoms with Crippen molar-refractivity contribution >= 4 is 60.9 Å². The Bertz CT molecular complexity index is 15.5. The Labute approximate surface area is 75.2 Å². The van der Waals surface area contributed by atoms with Crippen LogP contribution in [0.4, 0.5) is 0 Å². The first kappa shape index (κ1) is 15.6. The molecule has 6 heteroatoms. The summed E-state index contributed by atoms with van der Waals surface area (Å²) in [5, 5.41) is 21.5. The van der Waals surface area contributed by atoms with Crippen LogP contribution in [0.1, 0.15) is 0 Å². The summed E-state index contributed by atoms with van der Waals surface area (Å²) in [6.07, 6.45) is 0.